The van der Waals surface area contributed by atoms with E-state index in [2.05, 4.69) is 10.6 Å². The van der Waals surface area contributed by atoms with Gasteiger partial charge in [-0.15, -0.1) is 0 Å². The van der Waals surface area contributed by atoms with Crippen LogP contribution in [0.4, 0.5) is 0 Å². The summed E-state index contributed by atoms with van der Waals surface area (Å²) in [6, 6.07) is 0. The molecule has 0 aromatic heterocycles. The van der Waals surface area contributed by atoms with Crippen molar-refractivity contribution < 1.29 is 9.90 Å². The van der Waals surface area contributed by atoms with E-state index in [1.165, 1.54) is 0 Å². The van der Waals surface area contributed by atoms with Gasteiger partial charge >= 0.3 is 0 Å². The maximum Gasteiger partial charge on any atom is 0.234 e. The molecule has 3 N–H and O–H groups in total. The van der Waals surface area contributed by atoms with Crippen molar-refractivity contribution in [2.45, 2.75) is 51.7 Å². The molecule has 4 nitrogen and oxygen atoms in total. The van der Waals surface area contributed by atoms with Crippen molar-refractivity contribution in [1.29, 1.82) is 0 Å². The summed E-state index contributed by atoms with van der Waals surface area (Å²) in [6.07, 6.45) is 2.71. The van der Waals surface area contributed by atoms with Crippen molar-refractivity contribution in [2.75, 3.05) is 13.1 Å². The third-order valence-corrected chi connectivity index (χ3v) is 2.75. The Hall–Kier alpha value is -0.610. The monoisotopic (exact) mass is 228 g/mol. The van der Waals surface area contributed by atoms with Crippen molar-refractivity contribution in [2.24, 2.45) is 5.92 Å². The SMILES string of the molecule is CC(C)(C)NC(=O)CNCC1CCC(O)C1. The van der Waals surface area contributed by atoms with Crippen molar-refractivity contribution in [3.05, 3.63) is 0 Å². The van der Waals surface area contributed by atoms with Crippen LogP contribution in [0.2, 0.25) is 0 Å². The quantitative estimate of drug-likeness (QED) is 0.662. The molecule has 0 spiro atoms. The molecule has 1 saturated carbocycles. The lowest BCUT2D eigenvalue weighted by molar-refractivity contribution is -0.121. The van der Waals surface area contributed by atoms with Crippen LogP contribution in [0.1, 0.15) is 40.0 Å². The summed E-state index contributed by atoms with van der Waals surface area (Å²) in [7, 11) is 0. The van der Waals surface area contributed by atoms with Gasteiger partial charge in [0.2, 0.25) is 5.91 Å². The number of hydrogen-bond donors (Lipinski definition) is 3. The third-order valence-electron chi connectivity index (χ3n) is 2.75. The molecule has 1 rings (SSSR count). The second kappa shape index (κ2) is 5.64. The molecule has 1 fully saturated rings. The number of aliphatic hydroxyl groups is 1. The molecule has 0 radical (unpaired) electrons. The van der Waals surface area contributed by atoms with E-state index < -0.39 is 0 Å². The number of carbonyl (C=O) groups excluding carboxylic acids is 1. The first-order valence-corrected chi connectivity index (χ1v) is 6.06. The van der Waals surface area contributed by atoms with Crippen molar-refractivity contribution in [3.63, 3.8) is 0 Å². The molecule has 4 heteroatoms. The van der Waals surface area contributed by atoms with Crippen molar-refractivity contribution in [3.8, 4) is 0 Å². The number of hydrogen-bond acceptors (Lipinski definition) is 3. The first-order chi connectivity index (χ1) is 7.37. The Bertz CT molecular complexity index is 236. The zero-order valence-corrected chi connectivity index (χ0v) is 10.5. The minimum absolute atomic E-state index is 0.0334. The third kappa shape index (κ3) is 5.47. The van der Waals surface area contributed by atoms with Gasteiger partial charge in [0.15, 0.2) is 0 Å². The summed E-state index contributed by atoms with van der Waals surface area (Å²) in [5, 5.41) is 15.4. The van der Waals surface area contributed by atoms with Crippen LogP contribution in [0.5, 0.6) is 0 Å². The Morgan fingerprint density at radius 3 is 2.56 bits per heavy atom. The second-order valence-electron chi connectivity index (χ2n) is 5.76. The molecule has 0 aliphatic heterocycles. The highest BCUT2D eigenvalue weighted by atomic mass is 16.3. The van der Waals surface area contributed by atoms with Gasteiger partial charge < -0.3 is 15.7 Å². The first-order valence-electron chi connectivity index (χ1n) is 6.06. The van der Waals surface area contributed by atoms with Crippen LogP contribution in [-0.4, -0.2) is 35.7 Å². The highest BCUT2D eigenvalue weighted by Gasteiger charge is 2.22. The predicted molar refractivity (Wildman–Crippen MR) is 64.1 cm³/mol. The van der Waals surface area contributed by atoms with E-state index in [-0.39, 0.29) is 17.6 Å². The van der Waals surface area contributed by atoms with Gasteiger partial charge in [0.05, 0.1) is 12.6 Å². The van der Waals surface area contributed by atoms with Gasteiger partial charge in [-0.25, -0.2) is 0 Å². The smallest absolute Gasteiger partial charge is 0.234 e. The van der Waals surface area contributed by atoms with Gasteiger partial charge in [-0.1, -0.05) is 0 Å². The first kappa shape index (κ1) is 13.5. The number of amides is 1. The molecule has 2 unspecified atom stereocenters. The highest BCUT2D eigenvalue weighted by molar-refractivity contribution is 5.78. The van der Waals surface area contributed by atoms with Crippen LogP contribution in [0.25, 0.3) is 0 Å². The Kier molecular flexibility index (Phi) is 4.74. The van der Waals surface area contributed by atoms with E-state index in [0.717, 1.165) is 25.8 Å². The summed E-state index contributed by atoms with van der Waals surface area (Å²) in [5.41, 5.74) is -0.164. The Labute approximate surface area is 97.8 Å². The van der Waals surface area contributed by atoms with Gasteiger partial charge in [-0.3, -0.25) is 4.79 Å². The molecule has 0 saturated heterocycles. The lowest BCUT2D eigenvalue weighted by Gasteiger charge is -2.21. The predicted octanol–water partition coefficient (Wildman–Crippen LogP) is 0.652. The van der Waals surface area contributed by atoms with Crippen LogP contribution in [-0.2, 0) is 4.79 Å². The summed E-state index contributed by atoms with van der Waals surface area (Å²) >= 11 is 0. The minimum atomic E-state index is -0.164. The molecule has 0 bridgehead atoms. The Balaban J connectivity index is 2.09. The normalized spacial score (nSPS) is 25.8. The second-order valence-corrected chi connectivity index (χ2v) is 5.76. The van der Waals surface area contributed by atoms with Crippen LogP contribution < -0.4 is 10.6 Å². The number of nitrogens with one attached hydrogen (secondary N) is 2. The van der Waals surface area contributed by atoms with E-state index in [4.69, 9.17) is 0 Å². The van der Waals surface area contributed by atoms with E-state index in [0.29, 0.717) is 12.5 Å². The van der Waals surface area contributed by atoms with E-state index in [1.54, 1.807) is 0 Å². The van der Waals surface area contributed by atoms with E-state index in [1.807, 2.05) is 20.8 Å². The van der Waals surface area contributed by atoms with Gasteiger partial charge in [-0.2, -0.15) is 0 Å². The van der Waals surface area contributed by atoms with Crippen LogP contribution in [0, 0.1) is 5.92 Å². The van der Waals surface area contributed by atoms with Crippen molar-refractivity contribution in [1.82, 2.24) is 10.6 Å². The van der Waals surface area contributed by atoms with E-state index >= 15 is 0 Å². The van der Waals surface area contributed by atoms with Crippen LogP contribution >= 0.6 is 0 Å². The largest absolute Gasteiger partial charge is 0.393 e. The van der Waals surface area contributed by atoms with Gasteiger partial charge in [-0.05, 0) is 52.5 Å². The molecular weight excluding hydrogens is 204 g/mol. The minimum Gasteiger partial charge on any atom is -0.393 e. The standard InChI is InChI=1S/C12H24N2O2/c1-12(2,3)14-11(16)8-13-7-9-4-5-10(15)6-9/h9-10,13,15H,4-8H2,1-3H3,(H,14,16). The molecule has 1 amide bonds. The summed E-state index contributed by atoms with van der Waals surface area (Å²) < 4.78 is 0. The molecule has 94 valence electrons. The van der Waals surface area contributed by atoms with Gasteiger partial charge in [0.1, 0.15) is 0 Å². The molecule has 1 aliphatic rings. The topological polar surface area (TPSA) is 61.4 Å². The van der Waals surface area contributed by atoms with Crippen molar-refractivity contribution >= 4 is 5.91 Å². The molecule has 0 aromatic carbocycles. The fraction of sp³-hybridized carbons (Fsp3) is 0.917. The highest BCUT2D eigenvalue weighted by Crippen LogP contribution is 2.24. The lowest BCUT2D eigenvalue weighted by atomic mass is 10.1. The zero-order chi connectivity index (χ0) is 12.2. The average Bonchev–Trinajstić information content (AvgIpc) is 2.48. The fourth-order valence-corrected chi connectivity index (χ4v) is 2.09. The number of aliphatic hydroxyl groups excluding tert-OH is 1. The maximum absolute atomic E-state index is 11.5. The number of carbonyl (C=O) groups is 1. The summed E-state index contributed by atoms with van der Waals surface area (Å²) in [4.78, 5) is 11.5. The zero-order valence-electron chi connectivity index (χ0n) is 10.5. The average molecular weight is 228 g/mol. The lowest BCUT2D eigenvalue weighted by Crippen LogP contribution is -2.45. The summed E-state index contributed by atoms with van der Waals surface area (Å²) in [5.74, 6) is 0.559. The number of rotatable bonds is 4. The maximum atomic E-state index is 11.5. The molecular formula is C12H24N2O2. The molecule has 1 aliphatic carbocycles. The summed E-state index contributed by atoms with van der Waals surface area (Å²) in [6.45, 7) is 7.10. The van der Waals surface area contributed by atoms with E-state index in [9.17, 15) is 9.90 Å². The van der Waals surface area contributed by atoms with Crippen LogP contribution in [0.3, 0.4) is 0 Å². The molecule has 2 atom stereocenters. The fourth-order valence-electron chi connectivity index (χ4n) is 2.09. The Morgan fingerprint density at radius 1 is 1.38 bits per heavy atom. The Morgan fingerprint density at radius 2 is 2.06 bits per heavy atom. The van der Waals surface area contributed by atoms with Crippen LogP contribution in [0.15, 0.2) is 0 Å². The molecule has 0 heterocycles. The van der Waals surface area contributed by atoms with Gasteiger partial charge in [0.25, 0.3) is 0 Å². The molecule has 16 heavy (non-hydrogen) atoms. The van der Waals surface area contributed by atoms with Gasteiger partial charge in [0, 0.05) is 5.54 Å². The molecule has 0 aromatic rings.